The zero-order chi connectivity index (χ0) is 98.7. The quantitative estimate of drug-likeness (QED) is 0.0573. The highest BCUT2D eigenvalue weighted by atomic mass is 19.3. The first-order chi connectivity index (χ1) is 68.8. The van der Waals surface area contributed by atoms with E-state index >= 15 is 0 Å². The number of aromatic nitrogens is 8. The van der Waals surface area contributed by atoms with Gasteiger partial charge in [0.05, 0.1) is 63.9 Å². The molecule has 0 bridgehead atoms. The second-order valence-corrected chi connectivity index (χ2v) is 37.2. The SMILES string of the molecule is CCn1cc(-c2ccc3nc(-c4ccc(OCCN5CCN(C)C(=O)[C@H]5C)cc4)ccc3c2)c2c(c1=O)CC=C2.C[C@@H]1C(=O)N(C)CCN1CCCOc1ccc(-c2ccc3cc(-c4cn(C)c(=O)c5c4C=CC5)ccc3n2)cc1.C[C@@H]1C(=O)N(C)CCN1CCOc1ccc(-c2ccc3cc(-c4cn(C(F)F)c(=O)c5c4C=CC5)ccc3n2)cc1.Cn1cc(-c2ccc3ncccc3c2)c2c(c1=O)CC=C2. The molecule has 7 aromatic carbocycles. The second kappa shape index (κ2) is 41.5. The molecule has 142 heavy (non-hydrogen) atoms. The monoisotopic (exact) mass is 1900 g/mol. The molecule has 720 valence electrons. The zero-order valence-corrected chi connectivity index (χ0v) is 81.1. The largest absolute Gasteiger partial charge is 0.494 e. The Hall–Kier alpha value is -15.5. The predicted octanol–water partition coefficient (Wildman–Crippen LogP) is 18.0. The van der Waals surface area contributed by atoms with Gasteiger partial charge in [-0.25, -0.2) is 15.0 Å². The number of amides is 3. The number of ether oxygens (including phenoxy) is 3. The van der Waals surface area contributed by atoms with E-state index in [0.717, 1.165) is 232 Å². The van der Waals surface area contributed by atoms with Crippen LogP contribution in [-0.4, -0.2) is 203 Å². The van der Waals surface area contributed by atoms with Gasteiger partial charge in [0.1, 0.15) is 30.5 Å². The molecule has 0 unspecified atom stereocenters. The first-order valence-corrected chi connectivity index (χ1v) is 48.5. The second-order valence-electron chi connectivity index (χ2n) is 37.2. The highest BCUT2D eigenvalue weighted by Crippen LogP contribution is 2.39. The molecule has 0 radical (unpaired) electrons. The van der Waals surface area contributed by atoms with Gasteiger partial charge in [-0.3, -0.25) is 57.8 Å². The fourth-order valence-electron chi connectivity index (χ4n) is 20.0. The molecule has 8 aromatic heterocycles. The summed E-state index contributed by atoms with van der Waals surface area (Å²) < 4.78 is 50.7. The van der Waals surface area contributed by atoms with Crippen LogP contribution < -0.4 is 36.4 Å². The molecule has 3 aliphatic heterocycles. The predicted molar refractivity (Wildman–Crippen MR) is 559 cm³/mol. The van der Waals surface area contributed by atoms with Crippen LogP contribution in [0.3, 0.4) is 0 Å². The van der Waals surface area contributed by atoms with E-state index in [9.17, 15) is 42.3 Å². The van der Waals surface area contributed by atoms with Gasteiger partial charge in [0.2, 0.25) is 17.7 Å². The number of carbonyl (C=O) groups excluding carboxylic acids is 3. The Morgan fingerprint density at radius 3 is 1.06 bits per heavy atom. The molecule has 0 spiro atoms. The summed E-state index contributed by atoms with van der Waals surface area (Å²) in [4.78, 5) is 117. The standard InChI is InChI=1S/2C33H34N4O3.C32H30F2N4O3.C18H14N2O/c1-22-32(38)35(2)17-18-37(22)16-5-19-40-26-12-8-23(9-13-26)30-15-11-25-20-24(10-14-31(25)34-30)29-21-36(3)33(39)28-7-4-6-27(28)29;1-4-36-21-29(27-6-5-7-28(27)33(36)39)24-10-14-31-25(20-24)11-15-30(34-31)23-8-12-26(13-9-23)40-19-18-37-17-16-35(3)32(38)22(37)2;1-20-30(39)36(2)14-15-37(20)16-17-41-24-10-6-21(7-11-24)28-13-9-23-18-22(8-12-29(23)35-28)27-19-38(32(33)34)31(40)26-5-3-4-25(26)27;1-20-11-16(14-5-2-6-15(14)18(20)21)12-7-8-17-13(10-12)4-3-9-19-17/h4,6,8-15,20-22H,5,7,16-19H2,1-3H3;5-6,8-15,20-22H,4,7,16-19H2,1-3H3;3-4,6-13,18-20,32H,5,14-17H2,1-2H3;2-5,7-11H,6H2,1H3/t2*22-;20-;/m111./s1. The van der Waals surface area contributed by atoms with Crippen molar-refractivity contribution in [3.63, 3.8) is 0 Å². The maximum Gasteiger partial charge on any atom is 0.321 e. The maximum absolute atomic E-state index is 13.6. The molecule has 3 atom stereocenters. The number of aryl methyl sites for hydroxylation is 3. The molecule has 11 heterocycles. The highest BCUT2D eigenvalue weighted by Gasteiger charge is 2.33. The number of alkyl halides is 2. The number of hydrogen-bond donors (Lipinski definition) is 0. The fourth-order valence-corrected chi connectivity index (χ4v) is 20.0. The van der Waals surface area contributed by atoms with Crippen LogP contribution in [-0.2, 0) is 60.7 Å². The summed E-state index contributed by atoms with van der Waals surface area (Å²) in [6.45, 7) is 14.4. The molecule has 3 saturated heterocycles. The van der Waals surface area contributed by atoms with E-state index in [2.05, 4.69) is 123 Å². The van der Waals surface area contributed by atoms with E-state index in [1.807, 2.05) is 221 Å². The van der Waals surface area contributed by atoms with Gasteiger partial charge in [0.25, 0.3) is 22.2 Å². The average Bonchev–Trinajstić information content (AvgIpc) is 1.45. The number of allylic oxidation sites excluding steroid dienone is 4. The number of piperazine rings is 3. The normalized spacial score (nSPS) is 16.4. The van der Waals surface area contributed by atoms with Gasteiger partial charge in [-0.2, -0.15) is 8.78 Å². The van der Waals surface area contributed by atoms with Gasteiger partial charge in [-0.15, -0.1) is 0 Å². The van der Waals surface area contributed by atoms with Gasteiger partial charge in [-0.1, -0.05) is 97.1 Å². The van der Waals surface area contributed by atoms with E-state index in [1.54, 1.807) is 34.6 Å². The Morgan fingerprint density at radius 2 is 0.683 bits per heavy atom. The van der Waals surface area contributed by atoms with Crippen LogP contribution in [0.15, 0.2) is 269 Å². The van der Waals surface area contributed by atoms with Crippen molar-refractivity contribution < 1.29 is 37.4 Å². The summed E-state index contributed by atoms with van der Waals surface area (Å²) in [5.74, 6) is 2.87. The number of nitrogens with zero attached hydrogens (tertiary/aromatic N) is 14. The Bertz CT molecular complexity index is 7820. The van der Waals surface area contributed by atoms with Crippen LogP contribution in [0, 0.1) is 0 Å². The summed E-state index contributed by atoms with van der Waals surface area (Å²) >= 11 is 0. The molecule has 3 fully saturated rings. The minimum absolute atomic E-state index is 0.0644. The van der Waals surface area contributed by atoms with E-state index in [1.165, 1.54) is 6.20 Å². The van der Waals surface area contributed by atoms with Crippen molar-refractivity contribution in [1.29, 1.82) is 0 Å². The fraction of sp³-hybridized carbons (Fsp3) is 0.267. The van der Waals surface area contributed by atoms with Crippen LogP contribution in [0.1, 0.15) is 85.2 Å². The van der Waals surface area contributed by atoms with Gasteiger partial charge >= 0.3 is 6.55 Å². The first kappa shape index (κ1) is 95.4. The van der Waals surface area contributed by atoms with Crippen molar-refractivity contribution in [1.82, 2.24) is 67.6 Å². The lowest BCUT2D eigenvalue weighted by Crippen LogP contribution is -2.55. The minimum atomic E-state index is -2.90. The van der Waals surface area contributed by atoms with E-state index in [-0.39, 0.29) is 52.5 Å². The minimum Gasteiger partial charge on any atom is -0.494 e. The summed E-state index contributed by atoms with van der Waals surface area (Å²) in [5.41, 5.74) is 23.6. The van der Waals surface area contributed by atoms with Crippen LogP contribution >= 0.6 is 0 Å². The van der Waals surface area contributed by atoms with Crippen molar-refractivity contribution in [3.8, 4) is 95.5 Å². The van der Waals surface area contributed by atoms with Crippen molar-refractivity contribution >= 4 is 85.6 Å². The number of benzene rings is 7. The number of halogens is 2. The molecule has 0 saturated carbocycles. The van der Waals surface area contributed by atoms with Gasteiger partial charge in [-0.05, 0) is 250 Å². The third kappa shape index (κ3) is 19.9. The summed E-state index contributed by atoms with van der Waals surface area (Å²) in [6.07, 6.45) is 28.2. The lowest BCUT2D eigenvalue weighted by Gasteiger charge is -2.37. The number of carbonyl (C=O) groups is 3. The number of hydrogen-bond acceptors (Lipinski definition) is 17. The van der Waals surface area contributed by atoms with Crippen molar-refractivity contribution in [2.24, 2.45) is 14.1 Å². The third-order valence-corrected chi connectivity index (χ3v) is 28.3. The molecule has 0 N–H and O–H groups in total. The molecule has 24 nitrogen and oxygen atoms in total. The van der Waals surface area contributed by atoms with E-state index < -0.39 is 12.1 Å². The molecular weight excluding hydrogens is 1790 g/mol. The Labute approximate surface area is 821 Å². The number of fused-ring (bicyclic) bond motifs is 8. The molecule has 15 aromatic rings. The lowest BCUT2D eigenvalue weighted by molar-refractivity contribution is -0.140. The molecule has 4 aliphatic carbocycles. The van der Waals surface area contributed by atoms with Gasteiger partial charge in [0, 0.05) is 214 Å². The topological polar surface area (TPSA) is 238 Å². The maximum atomic E-state index is 13.6. The molecule has 22 rings (SSSR count). The first-order valence-electron chi connectivity index (χ1n) is 48.5. The van der Waals surface area contributed by atoms with E-state index in [0.29, 0.717) is 73.4 Å². The van der Waals surface area contributed by atoms with Crippen LogP contribution in [0.2, 0.25) is 0 Å². The van der Waals surface area contributed by atoms with Crippen LogP contribution in [0.4, 0.5) is 8.78 Å². The van der Waals surface area contributed by atoms with Crippen LogP contribution in [0.25, 0.3) is 146 Å². The Balaban J connectivity index is 0.000000123. The van der Waals surface area contributed by atoms with E-state index in [4.69, 9.17) is 29.2 Å². The number of likely N-dealkylation sites (N-methyl/N-ethyl adjacent to an activating group) is 3. The van der Waals surface area contributed by atoms with Gasteiger partial charge < -0.3 is 42.6 Å². The number of rotatable bonds is 22. The Kier molecular flexibility index (Phi) is 27.9. The van der Waals surface area contributed by atoms with Crippen molar-refractivity contribution in [3.05, 3.63) is 335 Å². The van der Waals surface area contributed by atoms with Crippen molar-refractivity contribution in [2.75, 3.05) is 99.9 Å². The van der Waals surface area contributed by atoms with Crippen molar-refractivity contribution in [2.45, 2.75) is 91.0 Å². The zero-order valence-electron chi connectivity index (χ0n) is 81.1. The van der Waals surface area contributed by atoms with Crippen LogP contribution in [0.5, 0.6) is 17.2 Å². The molecule has 3 amide bonds. The Morgan fingerprint density at radius 1 is 0.352 bits per heavy atom. The average molecular weight is 1900 g/mol. The third-order valence-electron chi connectivity index (χ3n) is 28.3. The lowest BCUT2D eigenvalue weighted by atomic mass is 9.98. The summed E-state index contributed by atoms with van der Waals surface area (Å²) in [6, 6.07) is 64.2. The smallest absolute Gasteiger partial charge is 0.321 e. The molecule has 26 heteroatoms. The number of pyridine rings is 8. The summed E-state index contributed by atoms with van der Waals surface area (Å²) in [5, 5.41) is 4.10. The molecular formula is C116H112F2N14O10. The summed E-state index contributed by atoms with van der Waals surface area (Å²) in [7, 11) is 9.18. The van der Waals surface area contributed by atoms with Gasteiger partial charge in [0.15, 0.2) is 0 Å². The molecule has 7 aliphatic rings. The highest BCUT2D eigenvalue weighted by molar-refractivity contribution is 5.94.